The summed E-state index contributed by atoms with van der Waals surface area (Å²) in [4.78, 5) is 23.1. The summed E-state index contributed by atoms with van der Waals surface area (Å²) in [6.45, 7) is 0. The third kappa shape index (κ3) is 2.69. The van der Waals surface area contributed by atoms with Crippen LogP contribution in [0.2, 0.25) is 0 Å². The van der Waals surface area contributed by atoms with E-state index in [0.717, 1.165) is 17.2 Å². The van der Waals surface area contributed by atoms with E-state index in [4.69, 9.17) is 4.74 Å². The number of benzene rings is 2. The predicted molar refractivity (Wildman–Crippen MR) is 81.2 cm³/mol. The lowest BCUT2D eigenvalue weighted by molar-refractivity contribution is -0.136. The number of methoxy groups -OCH3 is 1. The quantitative estimate of drug-likeness (QED) is 0.524. The first-order chi connectivity index (χ1) is 10.7. The van der Waals surface area contributed by atoms with Gasteiger partial charge in [0.1, 0.15) is 5.70 Å². The number of nitrogens with one attached hydrogen (secondary N) is 1. The molecular weight excluding hydrogens is 282 g/mol. The molecule has 0 radical (unpaired) electrons. The lowest BCUT2D eigenvalue weighted by atomic mass is 10.0. The highest BCUT2D eigenvalue weighted by Crippen LogP contribution is 2.34. The van der Waals surface area contributed by atoms with Crippen molar-refractivity contribution < 1.29 is 19.1 Å². The van der Waals surface area contributed by atoms with Gasteiger partial charge in [-0.1, -0.05) is 36.4 Å². The Hall–Kier alpha value is -3.08. The fourth-order valence-corrected chi connectivity index (χ4v) is 2.15. The van der Waals surface area contributed by atoms with Crippen LogP contribution in [0.25, 0.3) is 11.1 Å². The van der Waals surface area contributed by atoms with Crippen LogP contribution in [0.3, 0.4) is 0 Å². The number of hydrogen-bond acceptors (Lipinski definition) is 5. The first-order valence-corrected chi connectivity index (χ1v) is 6.65. The number of hydrogen-bond donors (Lipinski definition) is 1. The summed E-state index contributed by atoms with van der Waals surface area (Å²) in [5, 5.41) is 2.91. The number of esters is 2. The van der Waals surface area contributed by atoms with Crippen LogP contribution in [0.1, 0.15) is 0 Å². The first-order valence-electron chi connectivity index (χ1n) is 6.65. The molecule has 0 aliphatic carbocycles. The molecule has 0 saturated carbocycles. The Morgan fingerprint density at radius 2 is 1.91 bits per heavy atom. The van der Waals surface area contributed by atoms with E-state index in [1.165, 1.54) is 7.11 Å². The molecule has 3 rings (SSSR count). The van der Waals surface area contributed by atoms with Crippen molar-refractivity contribution in [1.82, 2.24) is 0 Å². The molecule has 0 fully saturated rings. The zero-order valence-electron chi connectivity index (χ0n) is 11.8. The second-order valence-corrected chi connectivity index (χ2v) is 4.67. The Bertz CT molecular complexity index is 765. The summed E-state index contributed by atoms with van der Waals surface area (Å²) in [5.41, 5.74) is 2.69. The molecule has 1 N–H and O–H groups in total. The van der Waals surface area contributed by atoms with E-state index in [2.05, 4.69) is 10.1 Å². The molecule has 5 heteroatoms. The SMILES string of the molecule is COC(=O)/C=C1\Nc2cc(-c3ccccc3)ccc2OC1=O. The summed E-state index contributed by atoms with van der Waals surface area (Å²) in [6.07, 6.45) is 1.07. The average molecular weight is 295 g/mol. The van der Waals surface area contributed by atoms with Gasteiger partial charge in [0.25, 0.3) is 0 Å². The lowest BCUT2D eigenvalue weighted by Gasteiger charge is -2.20. The molecule has 2 aromatic rings. The van der Waals surface area contributed by atoms with Crippen LogP contribution < -0.4 is 10.1 Å². The zero-order valence-corrected chi connectivity index (χ0v) is 11.8. The number of carbonyl (C=O) groups excluding carboxylic acids is 2. The molecule has 0 saturated heterocycles. The van der Waals surface area contributed by atoms with Gasteiger partial charge in [-0.2, -0.15) is 0 Å². The zero-order chi connectivity index (χ0) is 15.5. The van der Waals surface area contributed by atoms with Gasteiger partial charge in [-0.25, -0.2) is 9.59 Å². The maximum absolute atomic E-state index is 11.8. The highest BCUT2D eigenvalue weighted by molar-refractivity contribution is 6.02. The number of carbonyl (C=O) groups is 2. The summed E-state index contributed by atoms with van der Waals surface area (Å²) < 4.78 is 9.72. The first kappa shape index (κ1) is 13.9. The molecule has 0 aromatic heterocycles. The van der Waals surface area contributed by atoms with Gasteiger partial charge in [-0.3, -0.25) is 0 Å². The normalized spacial score (nSPS) is 14.8. The van der Waals surface area contributed by atoms with Crippen LogP contribution >= 0.6 is 0 Å². The molecule has 0 spiro atoms. The molecule has 0 atom stereocenters. The topological polar surface area (TPSA) is 64.6 Å². The van der Waals surface area contributed by atoms with E-state index in [1.807, 2.05) is 42.5 Å². The fourth-order valence-electron chi connectivity index (χ4n) is 2.15. The molecule has 2 aromatic carbocycles. The molecule has 0 unspecified atom stereocenters. The minimum Gasteiger partial charge on any atom is -0.466 e. The van der Waals surface area contributed by atoms with Crippen LogP contribution in [-0.2, 0) is 14.3 Å². The van der Waals surface area contributed by atoms with Crippen LogP contribution in [0.5, 0.6) is 5.75 Å². The molecule has 5 nitrogen and oxygen atoms in total. The van der Waals surface area contributed by atoms with Crippen molar-refractivity contribution >= 4 is 17.6 Å². The van der Waals surface area contributed by atoms with E-state index in [0.29, 0.717) is 11.4 Å². The van der Waals surface area contributed by atoms with Gasteiger partial charge in [0.2, 0.25) is 0 Å². The maximum atomic E-state index is 11.8. The summed E-state index contributed by atoms with van der Waals surface area (Å²) in [7, 11) is 1.25. The molecule has 1 aliphatic rings. The number of fused-ring (bicyclic) bond motifs is 1. The largest absolute Gasteiger partial charge is 0.466 e. The van der Waals surface area contributed by atoms with Crippen LogP contribution in [0.15, 0.2) is 60.3 Å². The summed E-state index contributed by atoms with van der Waals surface area (Å²) in [6, 6.07) is 15.3. The van der Waals surface area contributed by atoms with E-state index >= 15 is 0 Å². The molecule has 1 aliphatic heterocycles. The Morgan fingerprint density at radius 1 is 1.14 bits per heavy atom. The molecule has 0 amide bonds. The second-order valence-electron chi connectivity index (χ2n) is 4.67. The van der Waals surface area contributed by atoms with E-state index in [1.54, 1.807) is 6.07 Å². The summed E-state index contributed by atoms with van der Waals surface area (Å²) in [5.74, 6) is -0.820. The van der Waals surface area contributed by atoms with E-state index < -0.39 is 11.9 Å². The van der Waals surface area contributed by atoms with Crippen LogP contribution in [-0.4, -0.2) is 19.0 Å². The molecule has 110 valence electrons. The van der Waals surface area contributed by atoms with Crippen molar-refractivity contribution in [2.75, 3.05) is 12.4 Å². The van der Waals surface area contributed by atoms with Crippen molar-refractivity contribution in [1.29, 1.82) is 0 Å². The highest BCUT2D eigenvalue weighted by Gasteiger charge is 2.23. The third-order valence-corrected chi connectivity index (χ3v) is 3.24. The second kappa shape index (κ2) is 5.73. The van der Waals surface area contributed by atoms with Crippen LogP contribution in [0.4, 0.5) is 5.69 Å². The summed E-state index contributed by atoms with van der Waals surface area (Å²) >= 11 is 0. The Balaban J connectivity index is 1.97. The monoisotopic (exact) mass is 295 g/mol. The lowest BCUT2D eigenvalue weighted by Crippen LogP contribution is -2.24. The minimum absolute atomic E-state index is 0.0459. The van der Waals surface area contributed by atoms with Gasteiger partial charge >= 0.3 is 11.9 Å². The fraction of sp³-hybridized carbons (Fsp3) is 0.0588. The maximum Gasteiger partial charge on any atom is 0.360 e. The molecular formula is C17H13NO4. The predicted octanol–water partition coefficient (Wildman–Crippen LogP) is 2.74. The Labute approximate surface area is 127 Å². The molecule has 22 heavy (non-hydrogen) atoms. The van der Waals surface area contributed by atoms with Crippen molar-refractivity contribution in [2.24, 2.45) is 0 Å². The van der Waals surface area contributed by atoms with Gasteiger partial charge in [0, 0.05) is 0 Å². The number of ether oxygens (including phenoxy) is 2. The van der Waals surface area contributed by atoms with Gasteiger partial charge in [-0.05, 0) is 23.3 Å². The van der Waals surface area contributed by atoms with Crippen molar-refractivity contribution in [2.45, 2.75) is 0 Å². The Morgan fingerprint density at radius 3 is 2.64 bits per heavy atom. The van der Waals surface area contributed by atoms with E-state index in [-0.39, 0.29) is 5.70 Å². The Kier molecular flexibility index (Phi) is 3.62. The van der Waals surface area contributed by atoms with Crippen LogP contribution in [0, 0.1) is 0 Å². The number of anilines is 1. The third-order valence-electron chi connectivity index (χ3n) is 3.24. The van der Waals surface area contributed by atoms with Gasteiger partial charge in [0.05, 0.1) is 18.9 Å². The molecule has 0 bridgehead atoms. The molecule has 1 heterocycles. The van der Waals surface area contributed by atoms with Crippen molar-refractivity contribution in [3.8, 4) is 16.9 Å². The van der Waals surface area contributed by atoms with Gasteiger partial charge in [0.15, 0.2) is 5.75 Å². The van der Waals surface area contributed by atoms with Crippen molar-refractivity contribution in [3.63, 3.8) is 0 Å². The highest BCUT2D eigenvalue weighted by atomic mass is 16.5. The van der Waals surface area contributed by atoms with E-state index in [9.17, 15) is 9.59 Å². The minimum atomic E-state index is -0.623. The van der Waals surface area contributed by atoms with Gasteiger partial charge in [-0.15, -0.1) is 0 Å². The van der Waals surface area contributed by atoms with Gasteiger partial charge < -0.3 is 14.8 Å². The standard InChI is InChI=1S/C17H13NO4/c1-21-16(19)10-14-17(20)22-15-8-7-12(9-13(15)18-14)11-5-3-2-4-6-11/h2-10,18H,1H3/b14-10-. The smallest absolute Gasteiger partial charge is 0.360 e. The van der Waals surface area contributed by atoms with Crippen molar-refractivity contribution in [3.05, 3.63) is 60.3 Å². The average Bonchev–Trinajstić information content (AvgIpc) is 2.56. The number of rotatable bonds is 2.